The molecule has 0 bridgehead atoms. The smallest absolute Gasteiger partial charge is 0.231 e. The van der Waals surface area contributed by atoms with Crippen LogP contribution in [0.25, 0.3) is 0 Å². The maximum Gasteiger partial charge on any atom is 0.231 e. The monoisotopic (exact) mass is 369 g/mol. The van der Waals surface area contributed by atoms with E-state index in [1.165, 1.54) is 37.7 Å². The highest BCUT2D eigenvalue weighted by Crippen LogP contribution is 2.32. The van der Waals surface area contributed by atoms with Crippen molar-refractivity contribution in [3.05, 3.63) is 29.6 Å². The summed E-state index contributed by atoms with van der Waals surface area (Å²) >= 11 is 0. The fourth-order valence-corrected chi connectivity index (χ4v) is 5.01. The van der Waals surface area contributed by atoms with Gasteiger partial charge < -0.3 is 9.80 Å². The minimum atomic E-state index is -0.0977. The zero-order chi connectivity index (χ0) is 18.6. The average Bonchev–Trinajstić information content (AvgIpc) is 2.73. The second-order valence-corrected chi connectivity index (χ2v) is 8.41. The van der Waals surface area contributed by atoms with Crippen LogP contribution in [0.2, 0.25) is 0 Å². The molecule has 1 saturated heterocycles. The third-order valence-electron chi connectivity index (χ3n) is 6.63. The van der Waals surface area contributed by atoms with Gasteiger partial charge in [-0.2, -0.15) is 0 Å². The Hall–Kier alpha value is -1.91. The summed E-state index contributed by atoms with van der Waals surface area (Å²) in [4.78, 5) is 34.2. The molecule has 5 nitrogen and oxygen atoms in total. The number of aromatic nitrogens is 1. The van der Waals surface area contributed by atoms with Gasteiger partial charge in [0.1, 0.15) is 0 Å². The van der Waals surface area contributed by atoms with E-state index in [1.54, 1.807) is 6.20 Å². The van der Waals surface area contributed by atoms with Gasteiger partial charge in [0.15, 0.2) is 0 Å². The minimum Gasteiger partial charge on any atom is -0.339 e. The van der Waals surface area contributed by atoms with E-state index >= 15 is 0 Å². The van der Waals surface area contributed by atoms with Gasteiger partial charge >= 0.3 is 0 Å². The van der Waals surface area contributed by atoms with Gasteiger partial charge in [-0.3, -0.25) is 14.6 Å². The molecule has 1 aromatic rings. The summed E-state index contributed by atoms with van der Waals surface area (Å²) in [7, 11) is 0. The molecule has 4 rings (SSSR count). The Bertz CT molecular complexity index is 676. The molecule has 2 aliphatic carbocycles. The first-order chi connectivity index (χ1) is 13.2. The number of carbonyl (C=O) groups is 2. The third kappa shape index (κ3) is 4.17. The SMILES string of the molecule is O=C(CC1CCCCC1)N1CCN(C(=O)C2CCCc3cccnc32)CC1. The molecule has 1 saturated carbocycles. The number of aryl methyl sites for hydroxylation is 1. The number of rotatable bonds is 3. The van der Waals surface area contributed by atoms with Crippen molar-refractivity contribution in [2.45, 2.75) is 63.7 Å². The second-order valence-electron chi connectivity index (χ2n) is 8.41. The average molecular weight is 370 g/mol. The van der Waals surface area contributed by atoms with Crippen LogP contribution in [0, 0.1) is 5.92 Å². The topological polar surface area (TPSA) is 53.5 Å². The molecule has 1 atom stereocenters. The van der Waals surface area contributed by atoms with Crippen LogP contribution >= 0.6 is 0 Å². The number of carbonyl (C=O) groups excluding carboxylic acids is 2. The molecule has 2 amide bonds. The normalized spacial score (nSPS) is 23.8. The molecule has 2 heterocycles. The molecule has 1 aromatic heterocycles. The number of nitrogens with zero attached hydrogens (tertiary/aromatic N) is 3. The van der Waals surface area contributed by atoms with Crippen LogP contribution in [0.5, 0.6) is 0 Å². The first-order valence-corrected chi connectivity index (χ1v) is 10.7. The van der Waals surface area contributed by atoms with E-state index in [2.05, 4.69) is 11.1 Å². The molecule has 3 aliphatic rings. The van der Waals surface area contributed by atoms with Gasteiger partial charge in [0, 0.05) is 38.8 Å². The molecule has 1 unspecified atom stereocenters. The van der Waals surface area contributed by atoms with Crippen molar-refractivity contribution in [3.8, 4) is 0 Å². The van der Waals surface area contributed by atoms with E-state index in [4.69, 9.17) is 0 Å². The zero-order valence-corrected chi connectivity index (χ0v) is 16.2. The number of piperazine rings is 1. The molecular weight excluding hydrogens is 338 g/mol. The maximum atomic E-state index is 13.1. The summed E-state index contributed by atoms with van der Waals surface area (Å²) in [6, 6.07) is 4.06. The Morgan fingerprint density at radius 1 is 0.963 bits per heavy atom. The molecule has 1 aliphatic heterocycles. The van der Waals surface area contributed by atoms with E-state index in [0.29, 0.717) is 44.4 Å². The summed E-state index contributed by atoms with van der Waals surface area (Å²) in [6.45, 7) is 2.68. The fraction of sp³-hybridized carbons (Fsp3) is 0.682. The number of fused-ring (bicyclic) bond motifs is 1. The summed E-state index contributed by atoms with van der Waals surface area (Å²) < 4.78 is 0. The van der Waals surface area contributed by atoms with Crippen molar-refractivity contribution < 1.29 is 9.59 Å². The number of pyridine rings is 1. The summed E-state index contributed by atoms with van der Waals surface area (Å²) in [6.07, 6.45) is 11.8. The molecule has 0 spiro atoms. The second kappa shape index (κ2) is 8.41. The van der Waals surface area contributed by atoms with Crippen LogP contribution < -0.4 is 0 Å². The lowest BCUT2D eigenvalue weighted by atomic mass is 9.85. The van der Waals surface area contributed by atoms with Gasteiger partial charge in [-0.15, -0.1) is 0 Å². The van der Waals surface area contributed by atoms with Gasteiger partial charge in [-0.05, 0) is 49.7 Å². The lowest BCUT2D eigenvalue weighted by Crippen LogP contribution is -2.52. The Balaban J connectivity index is 1.31. The van der Waals surface area contributed by atoms with Crippen LogP contribution in [-0.4, -0.2) is 52.8 Å². The van der Waals surface area contributed by atoms with Crippen molar-refractivity contribution in [3.63, 3.8) is 0 Å². The van der Waals surface area contributed by atoms with Crippen LogP contribution in [-0.2, 0) is 16.0 Å². The molecule has 2 fully saturated rings. The number of amides is 2. The Morgan fingerprint density at radius 3 is 2.48 bits per heavy atom. The minimum absolute atomic E-state index is 0.0977. The molecule has 0 aromatic carbocycles. The van der Waals surface area contributed by atoms with Crippen LogP contribution in [0.3, 0.4) is 0 Å². The molecule has 0 N–H and O–H groups in total. The van der Waals surface area contributed by atoms with Crippen molar-refractivity contribution in [2.24, 2.45) is 5.92 Å². The van der Waals surface area contributed by atoms with E-state index in [0.717, 1.165) is 25.0 Å². The molecule has 27 heavy (non-hydrogen) atoms. The maximum absolute atomic E-state index is 13.1. The van der Waals surface area contributed by atoms with Crippen molar-refractivity contribution in [1.82, 2.24) is 14.8 Å². The molecule has 0 radical (unpaired) electrons. The van der Waals surface area contributed by atoms with Crippen molar-refractivity contribution in [1.29, 1.82) is 0 Å². The van der Waals surface area contributed by atoms with Crippen LogP contribution in [0.1, 0.15) is 68.5 Å². The van der Waals surface area contributed by atoms with E-state index in [9.17, 15) is 9.59 Å². The van der Waals surface area contributed by atoms with E-state index in [1.807, 2.05) is 15.9 Å². The number of hydrogen-bond donors (Lipinski definition) is 0. The summed E-state index contributed by atoms with van der Waals surface area (Å²) in [5, 5.41) is 0. The summed E-state index contributed by atoms with van der Waals surface area (Å²) in [5.41, 5.74) is 2.20. The lowest BCUT2D eigenvalue weighted by molar-refractivity contribution is -0.141. The van der Waals surface area contributed by atoms with Crippen molar-refractivity contribution in [2.75, 3.05) is 26.2 Å². The zero-order valence-electron chi connectivity index (χ0n) is 16.2. The van der Waals surface area contributed by atoms with Gasteiger partial charge in [0.2, 0.25) is 11.8 Å². The highest BCUT2D eigenvalue weighted by atomic mass is 16.2. The Labute approximate surface area is 162 Å². The van der Waals surface area contributed by atoms with Gasteiger partial charge in [0.05, 0.1) is 11.6 Å². The first-order valence-electron chi connectivity index (χ1n) is 10.7. The first kappa shape index (κ1) is 18.5. The van der Waals surface area contributed by atoms with E-state index in [-0.39, 0.29) is 11.8 Å². The number of hydrogen-bond acceptors (Lipinski definition) is 3. The van der Waals surface area contributed by atoms with Crippen molar-refractivity contribution >= 4 is 11.8 Å². The lowest BCUT2D eigenvalue weighted by Gasteiger charge is -2.38. The Kier molecular flexibility index (Phi) is 5.74. The summed E-state index contributed by atoms with van der Waals surface area (Å²) in [5.74, 6) is 0.975. The highest BCUT2D eigenvalue weighted by Gasteiger charge is 2.33. The quantitative estimate of drug-likeness (QED) is 0.822. The van der Waals surface area contributed by atoms with Gasteiger partial charge in [0.25, 0.3) is 0 Å². The molecular formula is C22H31N3O2. The largest absolute Gasteiger partial charge is 0.339 e. The fourth-order valence-electron chi connectivity index (χ4n) is 5.01. The van der Waals surface area contributed by atoms with Gasteiger partial charge in [-0.25, -0.2) is 0 Å². The van der Waals surface area contributed by atoms with Gasteiger partial charge in [-0.1, -0.05) is 25.3 Å². The van der Waals surface area contributed by atoms with Crippen LogP contribution in [0.4, 0.5) is 0 Å². The predicted molar refractivity (Wildman–Crippen MR) is 104 cm³/mol. The molecule has 5 heteroatoms. The molecule has 146 valence electrons. The predicted octanol–water partition coefficient (Wildman–Crippen LogP) is 3.14. The standard InChI is InChI=1S/C22H31N3O2/c26-20(16-17-6-2-1-3-7-17)24-12-14-25(15-13-24)22(27)19-10-4-8-18-9-5-11-23-21(18)19/h5,9,11,17,19H,1-4,6-8,10,12-16H2. The Morgan fingerprint density at radius 2 is 1.70 bits per heavy atom. The third-order valence-corrected chi connectivity index (χ3v) is 6.63. The van der Waals surface area contributed by atoms with Crippen LogP contribution in [0.15, 0.2) is 18.3 Å². The van der Waals surface area contributed by atoms with E-state index < -0.39 is 0 Å². The highest BCUT2D eigenvalue weighted by molar-refractivity contribution is 5.84.